The lowest BCUT2D eigenvalue weighted by Crippen LogP contribution is -2.56. The second-order valence-corrected chi connectivity index (χ2v) is 10.3. The number of carbonyl (C=O) groups excluding carboxylic acids is 2. The second kappa shape index (κ2) is 10.9. The average Bonchev–Trinajstić information content (AvgIpc) is 3.39. The highest BCUT2D eigenvalue weighted by Gasteiger charge is 2.60. The van der Waals surface area contributed by atoms with E-state index in [-0.39, 0.29) is 23.3 Å². The first kappa shape index (κ1) is 27.8. The highest BCUT2D eigenvalue weighted by atomic mass is 35.5. The molecule has 3 fully saturated rings. The van der Waals surface area contributed by atoms with Crippen LogP contribution in [-0.2, 0) is 16.1 Å². The van der Waals surface area contributed by atoms with Gasteiger partial charge < -0.3 is 14.9 Å². The molecule has 38 heavy (non-hydrogen) atoms. The van der Waals surface area contributed by atoms with Crippen molar-refractivity contribution in [3.8, 4) is 0 Å². The van der Waals surface area contributed by atoms with Gasteiger partial charge in [0.1, 0.15) is 0 Å². The largest absolute Gasteiger partial charge is 0.490 e. The molecular weight excluding hydrogens is 525 g/mol. The third kappa shape index (κ3) is 5.63. The molecule has 0 unspecified atom stereocenters. The summed E-state index contributed by atoms with van der Waals surface area (Å²) >= 11 is 5.96. The van der Waals surface area contributed by atoms with Crippen molar-refractivity contribution in [2.24, 2.45) is 11.8 Å². The van der Waals surface area contributed by atoms with Crippen LogP contribution in [0.5, 0.6) is 0 Å². The topological polar surface area (TPSA) is 94.1 Å². The molecule has 204 valence electrons. The molecule has 0 bridgehead atoms. The predicted molar refractivity (Wildman–Crippen MR) is 132 cm³/mol. The standard InChI is InChI=1S/C24H27ClN4O2.C2HF3O2/c1-27-23(31)20-15-28(14-17-3-2-10-26-13-17)16-21(20)24(27)8-11-29(12-9-24)22(30)18-4-6-19(25)7-5-18;3-2(4,5)1(6)7/h2-7,10,13,20-21H,8-9,11-12,14-16H2,1H3;(H,6,7)/t20-,21+;/m0./s1. The summed E-state index contributed by atoms with van der Waals surface area (Å²) in [4.78, 5) is 45.5. The number of alkyl halides is 3. The first-order valence-electron chi connectivity index (χ1n) is 12.2. The summed E-state index contributed by atoms with van der Waals surface area (Å²) in [5.74, 6) is -2.09. The maximum absolute atomic E-state index is 13.1. The number of piperidine rings is 1. The van der Waals surface area contributed by atoms with E-state index in [0.29, 0.717) is 29.6 Å². The van der Waals surface area contributed by atoms with E-state index in [1.165, 1.54) is 5.56 Å². The molecule has 1 aromatic heterocycles. The van der Waals surface area contributed by atoms with E-state index in [4.69, 9.17) is 21.5 Å². The zero-order valence-corrected chi connectivity index (χ0v) is 21.5. The predicted octanol–water partition coefficient (Wildman–Crippen LogP) is 3.56. The summed E-state index contributed by atoms with van der Waals surface area (Å²) < 4.78 is 31.7. The van der Waals surface area contributed by atoms with Crippen LogP contribution in [0.4, 0.5) is 13.2 Å². The van der Waals surface area contributed by atoms with E-state index in [2.05, 4.69) is 16.0 Å². The number of carbonyl (C=O) groups is 3. The molecule has 3 aliphatic rings. The minimum Gasteiger partial charge on any atom is -0.475 e. The van der Waals surface area contributed by atoms with E-state index in [1.807, 2.05) is 29.1 Å². The number of aliphatic carboxylic acids is 1. The maximum Gasteiger partial charge on any atom is 0.490 e. The van der Waals surface area contributed by atoms with Crippen LogP contribution in [0, 0.1) is 11.8 Å². The molecule has 12 heteroatoms. The van der Waals surface area contributed by atoms with E-state index in [9.17, 15) is 22.8 Å². The van der Waals surface area contributed by atoms with Crippen LogP contribution in [0.25, 0.3) is 0 Å². The van der Waals surface area contributed by atoms with E-state index >= 15 is 0 Å². The number of fused-ring (bicyclic) bond motifs is 2. The molecule has 3 saturated heterocycles. The molecular formula is C26H28ClF3N4O4. The lowest BCUT2D eigenvalue weighted by molar-refractivity contribution is -0.192. The van der Waals surface area contributed by atoms with Crippen LogP contribution in [0.3, 0.4) is 0 Å². The number of carboxylic acids is 1. The third-order valence-corrected chi connectivity index (χ3v) is 8.03. The number of amides is 2. The minimum absolute atomic E-state index is 0.0414. The van der Waals surface area contributed by atoms with Crippen molar-refractivity contribution in [1.29, 1.82) is 0 Å². The Morgan fingerprint density at radius 3 is 2.32 bits per heavy atom. The number of carboxylic acid groups (broad SMARTS) is 1. The van der Waals surface area contributed by atoms with Gasteiger partial charge in [0.15, 0.2) is 0 Å². The quantitative estimate of drug-likeness (QED) is 0.626. The first-order chi connectivity index (χ1) is 17.9. The number of nitrogens with zero attached hydrogens (tertiary/aromatic N) is 4. The summed E-state index contributed by atoms with van der Waals surface area (Å²) in [6.45, 7) is 3.89. The molecule has 2 atom stereocenters. The van der Waals surface area contributed by atoms with E-state index in [1.54, 1.807) is 30.5 Å². The Balaban J connectivity index is 0.000000426. The number of hydrogen-bond acceptors (Lipinski definition) is 5. The van der Waals surface area contributed by atoms with Gasteiger partial charge in [-0.05, 0) is 48.7 Å². The molecule has 0 radical (unpaired) electrons. The molecule has 1 N–H and O–H groups in total. The smallest absolute Gasteiger partial charge is 0.475 e. The summed E-state index contributed by atoms with van der Waals surface area (Å²) in [7, 11) is 1.96. The SMILES string of the molecule is CN1C(=O)[C@H]2CN(Cc3cccnc3)C[C@H]2C12CCN(C(=O)c1ccc(Cl)cc1)CC2.O=C(O)C(F)(F)F. The van der Waals surface area contributed by atoms with Crippen LogP contribution < -0.4 is 0 Å². The zero-order chi connectivity index (χ0) is 27.7. The van der Waals surface area contributed by atoms with E-state index in [0.717, 1.165) is 32.5 Å². The number of benzene rings is 1. The Bertz CT molecular complexity index is 1170. The molecule has 2 amide bonds. The fourth-order valence-electron chi connectivity index (χ4n) is 5.85. The average molecular weight is 553 g/mol. The number of halogens is 4. The van der Waals surface area contributed by atoms with Crippen molar-refractivity contribution in [2.75, 3.05) is 33.2 Å². The lowest BCUT2D eigenvalue weighted by Gasteiger charge is -2.46. The van der Waals surface area contributed by atoms with Gasteiger partial charge in [0.2, 0.25) is 5.91 Å². The van der Waals surface area contributed by atoms with Gasteiger partial charge >= 0.3 is 12.1 Å². The highest BCUT2D eigenvalue weighted by molar-refractivity contribution is 6.30. The van der Waals surface area contributed by atoms with Crippen LogP contribution in [-0.4, -0.2) is 87.5 Å². The Morgan fingerprint density at radius 1 is 1.13 bits per heavy atom. The number of aromatic nitrogens is 1. The highest BCUT2D eigenvalue weighted by Crippen LogP contribution is 2.49. The molecule has 8 nitrogen and oxygen atoms in total. The summed E-state index contributed by atoms with van der Waals surface area (Å²) in [5.41, 5.74) is 1.70. The van der Waals surface area contributed by atoms with Crippen LogP contribution in [0.2, 0.25) is 5.02 Å². The fraction of sp³-hybridized carbons (Fsp3) is 0.462. The molecule has 0 saturated carbocycles. The number of pyridine rings is 1. The molecule has 0 aliphatic carbocycles. The third-order valence-electron chi connectivity index (χ3n) is 7.78. The van der Waals surface area contributed by atoms with Gasteiger partial charge in [-0.1, -0.05) is 17.7 Å². The fourth-order valence-corrected chi connectivity index (χ4v) is 5.98. The van der Waals surface area contributed by atoms with Crippen molar-refractivity contribution in [2.45, 2.75) is 31.1 Å². The minimum atomic E-state index is -5.08. The summed E-state index contributed by atoms with van der Waals surface area (Å²) in [6, 6.07) is 11.1. The Hall–Kier alpha value is -3.18. The maximum atomic E-state index is 13.1. The molecule has 3 aliphatic heterocycles. The van der Waals surface area contributed by atoms with Gasteiger partial charge in [0, 0.05) is 68.7 Å². The molecule has 5 rings (SSSR count). The van der Waals surface area contributed by atoms with Crippen molar-refractivity contribution in [3.63, 3.8) is 0 Å². The van der Waals surface area contributed by atoms with E-state index < -0.39 is 12.1 Å². The van der Waals surface area contributed by atoms with Crippen molar-refractivity contribution in [1.82, 2.24) is 19.7 Å². The molecule has 4 heterocycles. The number of hydrogen-bond donors (Lipinski definition) is 1. The van der Waals surface area contributed by atoms with Crippen LogP contribution in [0.15, 0.2) is 48.8 Å². The summed E-state index contributed by atoms with van der Waals surface area (Å²) in [5, 5.41) is 7.75. The van der Waals surface area contributed by atoms with Gasteiger partial charge in [-0.25, -0.2) is 4.79 Å². The molecule has 1 aromatic carbocycles. The molecule has 2 aromatic rings. The summed E-state index contributed by atoms with van der Waals surface area (Å²) in [6.07, 6.45) is 0.264. The van der Waals surface area contributed by atoms with Crippen LogP contribution in [0.1, 0.15) is 28.8 Å². The van der Waals surface area contributed by atoms with Crippen LogP contribution >= 0.6 is 11.6 Å². The Morgan fingerprint density at radius 2 is 1.76 bits per heavy atom. The van der Waals surface area contributed by atoms with Gasteiger partial charge in [0.05, 0.1) is 11.5 Å². The second-order valence-electron chi connectivity index (χ2n) is 9.87. The Labute approximate surface area is 223 Å². The van der Waals surface area contributed by atoms with Gasteiger partial charge in [-0.2, -0.15) is 13.2 Å². The monoisotopic (exact) mass is 552 g/mol. The number of rotatable bonds is 3. The normalized spacial score (nSPS) is 22.7. The first-order valence-corrected chi connectivity index (χ1v) is 12.5. The zero-order valence-electron chi connectivity index (χ0n) is 20.7. The van der Waals surface area contributed by atoms with Gasteiger partial charge in [0.25, 0.3) is 5.91 Å². The van der Waals surface area contributed by atoms with Gasteiger partial charge in [-0.3, -0.25) is 19.5 Å². The lowest BCUT2D eigenvalue weighted by atomic mass is 9.75. The molecule has 1 spiro atoms. The van der Waals surface area contributed by atoms with Crippen molar-refractivity contribution >= 4 is 29.4 Å². The number of likely N-dealkylation sites (tertiary alicyclic amines) is 3. The van der Waals surface area contributed by atoms with Crippen molar-refractivity contribution in [3.05, 3.63) is 64.9 Å². The van der Waals surface area contributed by atoms with Crippen molar-refractivity contribution < 1.29 is 32.7 Å². The van der Waals surface area contributed by atoms with Gasteiger partial charge in [-0.15, -0.1) is 0 Å². The Kier molecular flexibility index (Phi) is 7.98.